The SMILES string of the molecule is Cc1cccc(O[C@@H]2CCN(C(=O)Cn3cncn3)C2)n1. The first kappa shape index (κ1) is 13.5. The Morgan fingerprint density at radius 2 is 2.38 bits per heavy atom. The molecule has 7 heteroatoms. The normalized spacial score (nSPS) is 18.0. The van der Waals surface area contributed by atoms with Crippen LogP contribution in [0.25, 0.3) is 0 Å². The molecule has 0 radical (unpaired) electrons. The van der Waals surface area contributed by atoms with Crippen LogP contribution in [0.5, 0.6) is 5.88 Å². The van der Waals surface area contributed by atoms with E-state index in [4.69, 9.17) is 4.74 Å². The summed E-state index contributed by atoms with van der Waals surface area (Å²) < 4.78 is 7.36. The first-order chi connectivity index (χ1) is 10.2. The third-order valence-corrected chi connectivity index (χ3v) is 3.41. The molecule has 110 valence electrons. The van der Waals surface area contributed by atoms with Gasteiger partial charge in [-0.3, -0.25) is 4.79 Å². The number of nitrogens with zero attached hydrogens (tertiary/aromatic N) is 5. The number of amides is 1. The molecule has 1 atom stereocenters. The standard InChI is InChI=1S/C14H17N5O2/c1-11-3-2-4-13(17-11)21-12-5-6-18(7-12)14(20)8-19-10-15-9-16-19/h2-4,9-10,12H,5-8H2,1H3/t12-/m1/s1. The summed E-state index contributed by atoms with van der Waals surface area (Å²) in [5, 5.41) is 3.94. The van der Waals surface area contributed by atoms with Gasteiger partial charge < -0.3 is 9.64 Å². The highest BCUT2D eigenvalue weighted by molar-refractivity contribution is 5.76. The minimum atomic E-state index is -0.000929. The number of hydrogen-bond donors (Lipinski definition) is 0. The number of rotatable bonds is 4. The first-order valence-corrected chi connectivity index (χ1v) is 6.91. The third kappa shape index (κ3) is 3.36. The molecule has 7 nitrogen and oxygen atoms in total. The summed E-state index contributed by atoms with van der Waals surface area (Å²) in [6, 6.07) is 5.68. The smallest absolute Gasteiger partial charge is 0.244 e. The summed E-state index contributed by atoms with van der Waals surface area (Å²) in [5.41, 5.74) is 0.921. The van der Waals surface area contributed by atoms with Crippen molar-refractivity contribution in [3.63, 3.8) is 0 Å². The summed E-state index contributed by atoms with van der Waals surface area (Å²) in [7, 11) is 0. The zero-order chi connectivity index (χ0) is 14.7. The van der Waals surface area contributed by atoms with Crippen LogP contribution in [0.4, 0.5) is 0 Å². The van der Waals surface area contributed by atoms with E-state index >= 15 is 0 Å². The quantitative estimate of drug-likeness (QED) is 0.826. The van der Waals surface area contributed by atoms with Crippen LogP contribution in [0.3, 0.4) is 0 Å². The summed E-state index contributed by atoms with van der Waals surface area (Å²) in [6.45, 7) is 3.43. The maximum Gasteiger partial charge on any atom is 0.244 e. The first-order valence-electron chi connectivity index (χ1n) is 6.91. The predicted molar refractivity (Wildman–Crippen MR) is 74.6 cm³/mol. The number of carbonyl (C=O) groups is 1. The van der Waals surface area contributed by atoms with Gasteiger partial charge in [-0.15, -0.1) is 0 Å². The number of aromatic nitrogens is 4. The van der Waals surface area contributed by atoms with Gasteiger partial charge in [0.05, 0.1) is 6.54 Å². The highest BCUT2D eigenvalue weighted by atomic mass is 16.5. The molecule has 1 aliphatic heterocycles. The predicted octanol–water partition coefficient (Wildman–Crippen LogP) is 0.661. The van der Waals surface area contributed by atoms with E-state index < -0.39 is 0 Å². The van der Waals surface area contributed by atoms with Crippen LogP contribution in [0, 0.1) is 6.92 Å². The Labute approximate surface area is 122 Å². The average molecular weight is 287 g/mol. The molecule has 1 fully saturated rings. The summed E-state index contributed by atoms with van der Waals surface area (Å²) in [4.78, 5) is 22.1. The molecule has 0 spiro atoms. The van der Waals surface area contributed by atoms with Gasteiger partial charge in [0.1, 0.15) is 25.3 Å². The van der Waals surface area contributed by atoms with Gasteiger partial charge in [-0.2, -0.15) is 5.10 Å². The maximum absolute atomic E-state index is 12.1. The van der Waals surface area contributed by atoms with Crippen LogP contribution >= 0.6 is 0 Å². The lowest BCUT2D eigenvalue weighted by Gasteiger charge is -2.17. The zero-order valence-electron chi connectivity index (χ0n) is 11.8. The number of ether oxygens (including phenoxy) is 1. The highest BCUT2D eigenvalue weighted by Crippen LogP contribution is 2.17. The van der Waals surface area contributed by atoms with Crippen LogP contribution in [0.15, 0.2) is 30.9 Å². The summed E-state index contributed by atoms with van der Waals surface area (Å²) in [6.07, 6.45) is 3.78. The van der Waals surface area contributed by atoms with Crippen LogP contribution < -0.4 is 4.74 Å². The Morgan fingerprint density at radius 1 is 1.48 bits per heavy atom. The lowest BCUT2D eigenvalue weighted by Crippen LogP contribution is -2.33. The van der Waals surface area contributed by atoms with Crippen LogP contribution in [-0.4, -0.2) is 49.7 Å². The fourth-order valence-corrected chi connectivity index (χ4v) is 2.36. The number of likely N-dealkylation sites (tertiary alicyclic amines) is 1. The Hall–Kier alpha value is -2.44. The van der Waals surface area contributed by atoms with Crippen molar-refractivity contribution in [2.24, 2.45) is 0 Å². The van der Waals surface area contributed by atoms with Crippen LogP contribution in [-0.2, 0) is 11.3 Å². The van der Waals surface area contributed by atoms with Crippen molar-refractivity contribution < 1.29 is 9.53 Å². The molecule has 3 rings (SSSR count). The fourth-order valence-electron chi connectivity index (χ4n) is 2.36. The lowest BCUT2D eigenvalue weighted by molar-refractivity contribution is -0.131. The number of hydrogen-bond acceptors (Lipinski definition) is 5. The van der Waals surface area contributed by atoms with E-state index in [1.54, 1.807) is 11.2 Å². The second-order valence-electron chi connectivity index (χ2n) is 5.08. The van der Waals surface area contributed by atoms with Crippen molar-refractivity contribution in [1.82, 2.24) is 24.6 Å². The van der Waals surface area contributed by atoms with Gasteiger partial charge in [0.2, 0.25) is 11.8 Å². The molecule has 1 amide bonds. The van der Waals surface area contributed by atoms with E-state index in [0.29, 0.717) is 19.0 Å². The van der Waals surface area contributed by atoms with Gasteiger partial charge in [-0.25, -0.2) is 14.6 Å². The van der Waals surface area contributed by atoms with E-state index in [1.807, 2.05) is 25.1 Å². The Balaban J connectivity index is 1.54. The molecule has 1 aliphatic rings. The minimum absolute atomic E-state index is 0.000929. The van der Waals surface area contributed by atoms with Gasteiger partial charge >= 0.3 is 0 Å². The molecule has 2 aromatic heterocycles. The van der Waals surface area contributed by atoms with E-state index in [2.05, 4.69) is 15.1 Å². The molecule has 0 aliphatic carbocycles. The van der Waals surface area contributed by atoms with Crippen molar-refractivity contribution in [2.75, 3.05) is 13.1 Å². The highest BCUT2D eigenvalue weighted by Gasteiger charge is 2.28. The lowest BCUT2D eigenvalue weighted by atomic mass is 10.3. The zero-order valence-corrected chi connectivity index (χ0v) is 11.8. The molecule has 0 aromatic carbocycles. The van der Waals surface area contributed by atoms with Crippen molar-refractivity contribution in [2.45, 2.75) is 26.0 Å². The topological polar surface area (TPSA) is 73.1 Å². The molecule has 3 heterocycles. The molecule has 0 bridgehead atoms. The van der Waals surface area contributed by atoms with E-state index in [0.717, 1.165) is 12.1 Å². The van der Waals surface area contributed by atoms with Gasteiger partial charge in [0.25, 0.3) is 0 Å². The number of carbonyl (C=O) groups excluding carboxylic acids is 1. The van der Waals surface area contributed by atoms with Crippen molar-refractivity contribution in [3.05, 3.63) is 36.5 Å². The summed E-state index contributed by atoms with van der Waals surface area (Å²) in [5.74, 6) is 0.648. The second-order valence-corrected chi connectivity index (χ2v) is 5.08. The molecule has 0 saturated carbocycles. The molecule has 1 saturated heterocycles. The largest absolute Gasteiger partial charge is 0.472 e. The maximum atomic E-state index is 12.1. The van der Waals surface area contributed by atoms with Crippen LogP contribution in [0.1, 0.15) is 12.1 Å². The van der Waals surface area contributed by atoms with Crippen molar-refractivity contribution >= 4 is 5.91 Å². The average Bonchev–Trinajstić information content (AvgIpc) is 3.10. The second kappa shape index (κ2) is 5.90. The molecule has 21 heavy (non-hydrogen) atoms. The number of aryl methyl sites for hydroxylation is 1. The van der Waals surface area contributed by atoms with E-state index in [9.17, 15) is 4.79 Å². The minimum Gasteiger partial charge on any atom is -0.472 e. The fraction of sp³-hybridized carbons (Fsp3) is 0.429. The van der Waals surface area contributed by atoms with Gasteiger partial charge in [0, 0.05) is 24.7 Å². The number of pyridine rings is 1. The Kier molecular flexibility index (Phi) is 3.81. The van der Waals surface area contributed by atoms with Crippen molar-refractivity contribution in [3.8, 4) is 5.88 Å². The van der Waals surface area contributed by atoms with Gasteiger partial charge in [-0.05, 0) is 13.0 Å². The summed E-state index contributed by atoms with van der Waals surface area (Å²) >= 11 is 0. The monoisotopic (exact) mass is 287 g/mol. The van der Waals surface area contributed by atoms with Crippen LogP contribution in [0.2, 0.25) is 0 Å². The van der Waals surface area contributed by atoms with E-state index in [-0.39, 0.29) is 18.6 Å². The van der Waals surface area contributed by atoms with E-state index in [1.165, 1.54) is 11.0 Å². The molecule has 2 aromatic rings. The third-order valence-electron chi connectivity index (χ3n) is 3.41. The van der Waals surface area contributed by atoms with Crippen molar-refractivity contribution in [1.29, 1.82) is 0 Å². The van der Waals surface area contributed by atoms with Gasteiger partial charge in [-0.1, -0.05) is 6.07 Å². The van der Waals surface area contributed by atoms with Gasteiger partial charge in [0.15, 0.2) is 0 Å². The molecule has 0 unspecified atom stereocenters. The Bertz CT molecular complexity index is 614. The molecular weight excluding hydrogens is 270 g/mol. The molecule has 0 N–H and O–H groups in total. The molecular formula is C14H17N5O2. The Morgan fingerprint density at radius 3 is 3.14 bits per heavy atom.